The fraction of sp³-hybridized carbons (Fsp3) is 0.231. The molecule has 0 amide bonds. The Bertz CT molecular complexity index is 7490. The molecule has 784 valence electrons. The van der Waals surface area contributed by atoms with Crippen LogP contribution in [0.5, 0.6) is 0 Å². The Labute approximate surface area is 942 Å². The van der Waals surface area contributed by atoms with Gasteiger partial charge in [0.2, 0.25) is 0 Å². The number of thiophene rings is 1. The van der Waals surface area contributed by atoms with Gasteiger partial charge in [0.25, 0.3) is 0 Å². The van der Waals surface area contributed by atoms with Crippen molar-refractivity contribution in [3.8, 4) is 112 Å². The van der Waals surface area contributed by atoms with E-state index in [2.05, 4.69) is 354 Å². The Morgan fingerprint density at radius 1 is 0.300 bits per heavy atom. The van der Waals surface area contributed by atoms with Gasteiger partial charge in [-0.1, -0.05) is 192 Å². The molecule has 15 nitrogen and oxygen atoms in total. The van der Waals surface area contributed by atoms with Crippen molar-refractivity contribution < 1.29 is 133 Å². The number of aryl methyl sites for hydroxylation is 14. The molecule has 150 heavy (non-hydrogen) atoms. The van der Waals surface area contributed by atoms with E-state index in [1.807, 2.05) is 78.6 Å². The molecule has 18 rings (SSSR count). The summed E-state index contributed by atoms with van der Waals surface area (Å²) < 4.78 is 20.2. The van der Waals surface area contributed by atoms with E-state index in [-0.39, 0.29) is 137 Å². The van der Waals surface area contributed by atoms with Crippen molar-refractivity contribution in [3.05, 3.63) is 404 Å². The number of nitrogens with zero attached hydrogens (tertiary/aromatic N) is 4. The van der Waals surface area contributed by atoms with Crippen molar-refractivity contribution in [2.75, 3.05) is 0 Å². The van der Waals surface area contributed by atoms with Crippen molar-refractivity contribution in [2.24, 2.45) is 0 Å². The molecule has 0 saturated carbocycles. The normalized spacial score (nSPS) is 11.2. The van der Waals surface area contributed by atoms with E-state index in [0.717, 1.165) is 123 Å². The molecule has 10 aromatic carbocycles. The maximum absolute atomic E-state index is 10.0. The van der Waals surface area contributed by atoms with Crippen LogP contribution in [-0.4, -0.2) is 63.5 Å². The molecule has 20 heteroatoms. The summed E-state index contributed by atoms with van der Waals surface area (Å²) in [5.41, 5.74) is 39.9. The van der Waals surface area contributed by atoms with Crippen LogP contribution >= 0.6 is 11.3 Å². The maximum atomic E-state index is 10.0. The molecule has 0 fully saturated rings. The van der Waals surface area contributed by atoms with Crippen LogP contribution in [0.2, 0.25) is 0 Å². The third-order valence-electron chi connectivity index (χ3n) is 23.7. The smallest absolute Gasteiger partial charge is 0.155 e. The van der Waals surface area contributed by atoms with Gasteiger partial charge in [0.15, 0.2) is 23.1 Å². The number of carbonyl (C=O) groups is 4. The molecule has 0 saturated heterocycles. The van der Waals surface area contributed by atoms with E-state index in [9.17, 15) is 19.2 Å². The largest absolute Gasteiger partial charge is 0.512 e. The minimum atomic E-state index is -0.125. The van der Waals surface area contributed by atoms with Crippen LogP contribution in [-0.2, 0) is 110 Å². The van der Waals surface area contributed by atoms with E-state index in [4.69, 9.17) is 38.7 Å². The Hall–Kier alpha value is -13.2. The number of fused-ring (bicyclic) bond motifs is 4. The molecule has 4 N–H and O–H groups in total. The minimum Gasteiger partial charge on any atom is -0.512 e. The summed E-state index contributed by atoms with van der Waals surface area (Å²) in [6.45, 7) is 55.0. The first-order valence-corrected chi connectivity index (χ1v) is 49.4. The molecule has 0 atom stereocenters. The summed E-state index contributed by atoms with van der Waals surface area (Å²) in [5.74, 6) is 2.34. The van der Waals surface area contributed by atoms with Gasteiger partial charge in [0, 0.05) is 195 Å². The van der Waals surface area contributed by atoms with Gasteiger partial charge in [-0.25, -0.2) is 0 Å². The van der Waals surface area contributed by atoms with Gasteiger partial charge in [-0.05, 0) is 259 Å². The van der Waals surface area contributed by atoms with E-state index in [1.165, 1.54) is 200 Å². The molecule has 0 aliphatic heterocycles. The van der Waals surface area contributed by atoms with Gasteiger partial charge in [-0.15, -0.1) is 152 Å². The second kappa shape index (κ2) is 55.5. The summed E-state index contributed by atoms with van der Waals surface area (Å²) in [6.07, 6.45) is 12.1. The number of benzene rings is 10. The fourth-order valence-corrected chi connectivity index (χ4v) is 19.0. The van der Waals surface area contributed by atoms with E-state index in [1.54, 1.807) is 0 Å². The second-order valence-electron chi connectivity index (χ2n) is 39.5. The van der Waals surface area contributed by atoms with Crippen LogP contribution in [0, 0.1) is 121 Å². The SMILES string of the molecule is CC(=O)C=C(C)O.CC(=O)C=C(C)O.CC(=O)C=C(C)O.CC(=O)C=C(C)O.Cc1[c-]c(-c2nccc3cc(-c4c(C)cc(C(C)(C)C)cc4C)oc23)cc(C)c1.Cc1[c-]c(-c2nccc3cc(-c4c(C)cc(C(C)(C)C)cc4C)sc23)cc(C)c1.Cc1[c-]c(-c2nccc3cc(-c4ccc(-c5c(C)cccc5C)cc4)oc23)cc(C)c1.Cc1cccc(C)c1-c1ccc(-c2cc3ccnc(-c4[c-]cccc4)c3o2)cc1.[Ir].[Ir].[Ir].[Ir]. The molecule has 18 aromatic rings. The third kappa shape index (κ3) is 33.9. The number of furan rings is 3. The molecular formula is C130H132Ir4N4O11S-4. The maximum Gasteiger partial charge on any atom is 0.155 e. The first-order chi connectivity index (χ1) is 69.0. The molecule has 0 bridgehead atoms. The predicted molar refractivity (Wildman–Crippen MR) is 603 cm³/mol. The number of allylic oxidation sites excluding steroid dienone is 8. The van der Waals surface area contributed by atoms with Crippen molar-refractivity contribution in [1.29, 1.82) is 0 Å². The van der Waals surface area contributed by atoms with Crippen LogP contribution in [0.1, 0.15) is 186 Å². The number of aliphatic hydroxyl groups is 4. The first-order valence-electron chi connectivity index (χ1n) is 48.6. The van der Waals surface area contributed by atoms with Crippen LogP contribution in [0.3, 0.4) is 0 Å². The van der Waals surface area contributed by atoms with Crippen LogP contribution in [0.15, 0.2) is 304 Å². The summed E-state index contributed by atoms with van der Waals surface area (Å²) >= 11 is 1.84. The standard InChI is InChI=1S/C29H24NO.C27H20NO.C27H28NO.C27H28NS.4C5H8O2.4Ir/c1-18-14-19(2)16-25(15-18)28-29-24(12-13-30-28)17-26(31-29)22-8-10-23(11-9-22)27-20(3)6-5-7-21(27)4;1-18-7-6-8-19(2)25(18)21-13-11-20(12-14-21)24-17-23-15-16-28-26(27(23)29-24)22-9-4-3-5-10-22;2*1-16-10-17(2)12-21(11-16)25-26-20(8-9-28-25)15-23(29-26)24-18(3)13-22(14-19(24)4)27(5,6)7;4*1-4(6)3-5(2)7;;;;/h5-15,17H,1-4H3;3-9,11-17H,1-2H3;2*8-11,13-15H,1-7H3;4*3,6H,1-2H3;;;;/q4*-1;;;;;;;;. The van der Waals surface area contributed by atoms with Gasteiger partial charge in [-0.3, -0.25) is 19.2 Å². The summed E-state index contributed by atoms with van der Waals surface area (Å²) in [5, 5.41) is 37.9. The van der Waals surface area contributed by atoms with E-state index in [0.29, 0.717) is 0 Å². The second-order valence-corrected chi connectivity index (χ2v) is 40.6. The number of aromatic nitrogens is 4. The molecule has 0 unspecified atom stereocenters. The summed E-state index contributed by atoms with van der Waals surface area (Å²) in [6, 6.07) is 90.3. The van der Waals surface area contributed by atoms with Gasteiger partial charge >= 0.3 is 0 Å². The monoisotopic (exact) mass is 2730 g/mol. The van der Waals surface area contributed by atoms with Gasteiger partial charge in [0.05, 0.1) is 23.0 Å². The topological polar surface area (TPSA) is 240 Å². The van der Waals surface area contributed by atoms with Gasteiger partial charge < -0.3 is 53.6 Å². The minimum absolute atomic E-state index is 0. The molecular weight excluding hydrogens is 2590 g/mol. The van der Waals surface area contributed by atoms with Gasteiger partial charge in [-0.2, -0.15) is 0 Å². The number of pyridine rings is 4. The van der Waals surface area contributed by atoms with Crippen LogP contribution in [0.25, 0.3) is 155 Å². The van der Waals surface area contributed by atoms with E-state index >= 15 is 0 Å². The molecule has 4 radical (unpaired) electrons. The fourth-order valence-electron chi connectivity index (χ4n) is 17.7. The van der Waals surface area contributed by atoms with Crippen molar-refractivity contribution in [2.45, 2.75) is 205 Å². The van der Waals surface area contributed by atoms with Crippen LogP contribution < -0.4 is 0 Å². The Balaban J connectivity index is 0.000000246. The molecule has 8 aromatic heterocycles. The zero-order valence-electron chi connectivity index (χ0n) is 90.6. The predicted octanol–water partition coefficient (Wildman–Crippen LogP) is 34.7. The van der Waals surface area contributed by atoms with E-state index < -0.39 is 0 Å². The summed E-state index contributed by atoms with van der Waals surface area (Å²) in [7, 11) is 0. The Morgan fingerprint density at radius 2 is 0.593 bits per heavy atom. The van der Waals surface area contributed by atoms with Crippen molar-refractivity contribution >= 4 is 77.5 Å². The van der Waals surface area contributed by atoms with Crippen molar-refractivity contribution in [1.82, 2.24) is 19.9 Å². The molecule has 0 aliphatic carbocycles. The Kier molecular flexibility index (Phi) is 45.8. The number of carbonyl (C=O) groups excluding carboxylic acids is 4. The number of rotatable bonds is 14. The average Bonchev–Trinajstić information content (AvgIpc) is 1.59. The zero-order chi connectivity index (χ0) is 107. The zero-order valence-corrected chi connectivity index (χ0v) is 101. The van der Waals surface area contributed by atoms with Crippen LogP contribution in [0.4, 0.5) is 0 Å². The molecule has 0 aliphatic rings. The summed E-state index contributed by atoms with van der Waals surface area (Å²) in [4.78, 5) is 59.9. The number of hydrogen-bond donors (Lipinski definition) is 4. The van der Waals surface area contributed by atoms with Crippen molar-refractivity contribution in [3.63, 3.8) is 0 Å². The molecule has 0 spiro atoms. The quantitative estimate of drug-likeness (QED) is 0.0450. The number of hydrogen-bond acceptors (Lipinski definition) is 16. The number of ketones is 4. The number of aliphatic hydroxyl groups excluding tert-OH is 4. The Morgan fingerprint density at radius 3 is 0.893 bits per heavy atom. The molecule has 8 heterocycles. The van der Waals surface area contributed by atoms with Gasteiger partial charge in [0.1, 0.15) is 34.0 Å². The first kappa shape index (κ1) is 124. The third-order valence-corrected chi connectivity index (χ3v) is 24.9. The average molecular weight is 2730 g/mol.